The van der Waals surface area contributed by atoms with Crippen molar-refractivity contribution in [2.24, 2.45) is 5.73 Å². The number of primary amides is 1. The average molecular weight is 418 g/mol. The summed E-state index contributed by atoms with van der Waals surface area (Å²) >= 11 is 0. The maximum atomic E-state index is 12.3. The third kappa shape index (κ3) is 3.27. The number of hydrogen-bond acceptors (Lipinski definition) is 1. The summed E-state index contributed by atoms with van der Waals surface area (Å²) in [7, 11) is 0. The number of rotatable bonds is 4. The molecule has 1 amide bonds. The highest BCUT2D eigenvalue weighted by Crippen LogP contribution is 2.35. The molecule has 3 heteroatoms. The van der Waals surface area contributed by atoms with E-state index < -0.39 is 5.91 Å². The predicted octanol–water partition coefficient (Wildman–Crippen LogP) is 6.33. The molecule has 1 aromatic heterocycles. The maximum absolute atomic E-state index is 12.3. The van der Waals surface area contributed by atoms with Crippen LogP contribution in [0.5, 0.6) is 0 Å². The van der Waals surface area contributed by atoms with Crippen LogP contribution in [0.25, 0.3) is 32.9 Å². The number of aryl methyl sites for hydroxylation is 3. The summed E-state index contributed by atoms with van der Waals surface area (Å²) in [5.74, 6) is -0.419. The van der Waals surface area contributed by atoms with Crippen LogP contribution >= 0.6 is 0 Å². The summed E-state index contributed by atoms with van der Waals surface area (Å²) in [6, 6.07) is 28.2. The molecule has 0 aliphatic heterocycles. The van der Waals surface area contributed by atoms with Gasteiger partial charge in [0.05, 0.1) is 11.0 Å². The van der Waals surface area contributed by atoms with E-state index in [2.05, 4.69) is 67.8 Å². The Kier molecular flexibility index (Phi) is 4.82. The number of amides is 1. The van der Waals surface area contributed by atoms with Crippen molar-refractivity contribution < 1.29 is 4.79 Å². The molecule has 0 bridgehead atoms. The molecule has 2 N–H and O–H groups in total. The molecule has 5 aromatic rings. The molecule has 1 heterocycles. The molecule has 0 unspecified atom stereocenters. The number of nitrogens with two attached hydrogens (primary N) is 1. The van der Waals surface area contributed by atoms with Gasteiger partial charge in [-0.05, 0) is 78.9 Å². The van der Waals surface area contributed by atoms with Gasteiger partial charge in [0.2, 0.25) is 5.91 Å². The molecule has 157 valence electrons. The second kappa shape index (κ2) is 7.69. The number of carbonyl (C=O) groups excluding carboxylic acids is 1. The molecule has 0 saturated carbocycles. The zero-order valence-electron chi connectivity index (χ0n) is 18.6. The van der Waals surface area contributed by atoms with Crippen LogP contribution < -0.4 is 5.73 Å². The van der Waals surface area contributed by atoms with Crippen molar-refractivity contribution in [2.45, 2.75) is 27.3 Å². The van der Waals surface area contributed by atoms with Gasteiger partial charge in [0, 0.05) is 22.9 Å². The van der Waals surface area contributed by atoms with Crippen molar-refractivity contribution in [3.63, 3.8) is 0 Å². The van der Waals surface area contributed by atoms with E-state index in [1.807, 2.05) is 30.3 Å². The van der Waals surface area contributed by atoms with E-state index in [1.165, 1.54) is 22.3 Å². The summed E-state index contributed by atoms with van der Waals surface area (Å²) in [6.45, 7) is 7.18. The van der Waals surface area contributed by atoms with E-state index in [0.29, 0.717) is 12.1 Å². The van der Waals surface area contributed by atoms with Gasteiger partial charge in [0.25, 0.3) is 0 Å². The van der Waals surface area contributed by atoms with Crippen molar-refractivity contribution >= 4 is 27.7 Å². The normalized spacial score (nSPS) is 11.3. The number of fused-ring (bicyclic) bond motifs is 3. The Morgan fingerprint density at radius 3 is 2.28 bits per heavy atom. The average Bonchev–Trinajstić information content (AvgIpc) is 3.09. The minimum absolute atomic E-state index is 0.419. The third-order valence-corrected chi connectivity index (χ3v) is 6.32. The van der Waals surface area contributed by atoms with E-state index in [-0.39, 0.29) is 0 Å². The lowest BCUT2D eigenvalue weighted by atomic mass is 9.99. The molecule has 3 nitrogen and oxygen atoms in total. The quantitative estimate of drug-likeness (QED) is 0.365. The lowest BCUT2D eigenvalue weighted by Gasteiger charge is -2.15. The van der Waals surface area contributed by atoms with Gasteiger partial charge in [-0.1, -0.05) is 54.1 Å². The Balaban J connectivity index is 1.83. The van der Waals surface area contributed by atoms with Crippen LogP contribution in [0.15, 0.2) is 72.8 Å². The summed E-state index contributed by atoms with van der Waals surface area (Å²) in [4.78, 5) is 12.3. The van der Waals surface area contributed by atoms with Crippen LogP contribution in [-0.2, 0) is 6.54 Å². The van der Waals surface area contributed by atoms with Gasteiger partial charge in [-0.25, -0.2) is 0 Å². The molecule has 0 fully saturated rings. The van der Waals surface area contributed by atoms with Crippen LogP contribution in [0.3, 0.4) is 0 Å². The first kappa shape index (κ1) is 20.1. The Labute approximate surface area is 188 Å². The van der Waals surface area contributed by atoms with Gasteiger partial charge in [0.1, 0.15) is 0 Å². The molecule has 32 heavy (non-hydrogen) atoms. The summed E-state index contributed by atoms with van der Waals surface area (Å²) in [6.07, 6.45) is 0. The first-order valence-electron chi connectivity index (χ1n) is 10.8. The van der Waals surface area contributed by atoms with Gasteiger partial charge in [-0.2, -0.15) is 0 Å². The molecule has 0 spiro atoms. The Hall–Kier alpha value is -3.85. The fourth-order valence-electron chi connectivity index (χ4n) is 4.85. The van der Waals surface area contributed by atoms with Gasteiger partial charge in [-0.15, -0.1) is 0 Å². The largest absolute Gasteiger partial charge is 0.366 e. The number of carbonyl (C=O) groups is 1. The number of nitrogens with zero attached hydrogens (tertiary/aromatic N) is 1. The molecule has 0 atom stereocenters. The molecule has 0 aliphatic carbocycles. The van der Waals surface area contributed by atoms with Gasteiger partial charge in [-0.3, -0.25) is 4.79 Å². The minimum Gasteiger partial charge on any atom is -0.366 e. The minimum atomic E-state index is -0.419. The molecular formula is C29H25N2O. The van der Waals surface area contributed by atoms with Crippen LogP contribution in [-0.4, -0.2) is 10.5 Å². The highest BCUT2D eigenvalue weighted by molar-refractivity contribution is 6.18. The lowest BCUT2D eigenvalue weighted by Crippen LogP contribution is -2.11. The van der Waals surface area contributed by atoms with E-state index >= 15 is 0 Å². The molecular weight excluding hydrogens is 392 g/mol. The smallest absolute Gasteiger partial charge is 0.249 e. The van der Waals surface area contributed by atoms with Crippen molar-refractivity contribution in [1.29, 1.82) is 0 Å². The second-order valence-electron chi connectivity index (χ2n) is 8.54. The zero-order valence-corrected chi connectivity index (χ0v) is 18.6. The monoisotopic (exact) mass is 417 g/mol. The summed E-state index contributed by atoms with van der Waals surface area (Å²) in [5.41, 5.74) is 15.7. The van der Waals surface area contributed by atoms with Crippen molar-refractivity contribution in [3.8, 4) is 11.1 Å². The Morgan fingerprint density at radius 1 is 0.875 bits per heavy atom. The maximum Gasteiger partial charge on any atom is 0.249 e. The molecule has 0 saturated heterocycles. The number of hydrogen-bond donors (Lipinski definition) is 1. The van der Waals surface area contributed by atoms with Gasteiger partial charge < -0.3 is 10.3 Å². The Morgan fingerprint density at radius 2 is 1.59 bits per heavy atom. The van der Waals surface area contributed by atoms with Crippen LogP contribution in [0.1, 0.15) is 32.6 Å². The molecule has 5 rings (SSSR count). The van der Waals surface area contributed by atoms with E-state index in [1.54, 1.807) is 6.07 Å². The highest BCUT2D eigenvalue weighted by atomic mass is 16.1. The number of benzene rings is 4. The van der Waals surface area contributed by atoms with E-state index in [0.717, 1.165) is 32.9 Å². The van der Waals surface area contributed by atoms with Crippen molar-refractivity contribution in [3.05, 3.63) is 107 Å². The molecule has 4 aromatic carbocycles. The third-order valence-electron chi connectivity index (χ3n) is 6.32. The molecule has 0 aliphatic rings. The van der Waals surface area contributed by atoms with Crippen LogP contribution in [0.4, 0.5) is 0 Å². The summed E-state index contributed by atoms with van der Waals surface area (Å²) < 4.78 is 2.30. The van der Waals surface area contributed by atoms with E-state index in [9.17, 15) is 4.79 Å². The molecule has 1 radical (unpaired) electrons. The van der Waals surface area contributed by atoms with Crippen molar-refractivity contribution in [2.75, 3.05) is 0 Å². The zero-order chi connectivity index (χ0) is 22.4. The van der Waals surface area contributed by atoms with Gasteiger partial charge in [0.15, 0.2) is 0 Å². The first-order valence-corrected chi connectivity index (χ1v) is 10.8. The standard InChI is InChI=1S/C29H25N2O/c1-18-14-19(2)25(20(3)15-18)17-31-26-11-7-10-24(29(30)32)28(26)23-13-12-22(16-27(23)31)21-8-5-4-6-9-21/h4-12,14-16H,17H2,1-3H3,(H2,30,32). The SMILES string of the molecule is Cc1cc(C)c(Cn2c3cc(-c4ccccc4)c[c]c3c3c(C(N)=O)cccc32)c(C)c1. The summed E-state index contributed by atoms with van der Waals surface area (Å²) in [5, 5.41) is 1.80. The van der Waals surface area contributed by atoms with Crippen LogP contribution in [0.2, 0.25) is 0 Å². The fraction of sp³-hybridized carbons (Fsp3) is 0.138. The lowest BCUT2D eigenvalue weighted by molar-refractivity contribution is 0.100. The number of aromatic nitrogens is 1. The first-order chi connectivity index (χ1) is 15.4. The predicted molar refractivity (Wildman–Crippen MR) is 132 cm³/mol. The van der Waals surface area contributed by atoms with Crippen molar-refractivity contribution in [1.82, 2.24) is 4.57 Å². The van der Waals surface area contributed by atoms with Crippen LogP contribution in [0, 0.1) is 26.8 Å². The second-order valence-corrected chi connectivity index (χ2v) is 8.54. The highest BCUT2D eigenvalue weighted by Gasteiger charge is 2.18. The Bertz CT molecular complexity index is 1470. The fourth-order valence-corrected chi connectivity index (χ4v) is 4.85. The van der Waals surface area contributed by atoms with E-state index in [4.69, 9.17) is 5.73 Å². The topological polar surface area (TPSA) is 48.0 Å². The van der Waals surface area contributed by atoms with Gasteiger partial charge >= 0.3 is 0 Å².